The molecule has 0 radical (unpaired) electrons. The number of aliphatic hydroxyl groups excluding tert-OH is 14. The molecule has 23 atom stereocenters. The maximum absolute atomic E-state index is 13.7. The van der Waals surface area contributed by atoms with Gasteiger partial charge in [0.05, 0.1) is 109 Å². The molecule has 0 aromatic carbocycles. The molecule has 5 aliphatic rings. The maximum atomic E-state index is 13.7. The molecule has 12 unspecified atom stereocenters. The van der Waals surface area contributed by atoms with Crippen molar-refractivity contribution in [3.8, 4) is 0 Å². The molecule has 49 heteroatoms. The number of rotatable bonds is 53. The van der Waals surface area contributed by atoms with Crippen LogP contribution in [-0.4, -0.2) is 413 Å². The van der Waals surface area contributed by atoms with Gasteiger partial charge in [0.2, 0.25) is 59.1 Å². The van der Waals surface area contributed by atoms with Crippen LogP contribution in [0.5, 0.6) is 0 Å². The highest BCUT2D eigenvalue weighted by atomic mass is 31.1. The number of β-amino-alcohol motifs (C(OH)–C–C–N with tert-alkyl or cyclic N) is 1. The van der Waals surface area contributed by atoms with E-state index in [4.69, 9.17) is 57.2 Å². The second-order valence-corrected chi connectivity index (χ2v) is 32.9. The Kier molecular flexibility index (Phi) is 54.8. The Bertz CT molecular complexity index is 3040. The number of aliphatic hydroxyl groups is 14. The lowest BCUT2D eigenvalue weighted by molar-refractivity contribution is -0.270. The summed E-state index contributed by atoms with van der Waals surface area (Å²) < 4.78 is 78.2. The molecule has 4 heterocycles. The van der Waals surface area contributed by atoms with E-state index in [1.165, 1.54) is 32.6 Å². The van der Waals surface area contributed by atoms with Crippen molar-refractivity contribution < 1.29 is 186 Å². The molecule has 0 spiro atoms. The van der Waals surface area contributed by atoms with Crippen LogP contribution in [0.1, 0.15) is 146 Å². The monoisotopic (exact) mass is 1840 g/mol. The van der Waals surface area contributed by atoms with Gasteiger partial charge in [-0.2, -0.15) is 0 Å². The van der Waals surface area contributed by atoms with E-state index >= 15 is 0 Å². The number of amides is 10. The average molecular weight is 1840 g/mol. The fourth-order valence-electron chi connectivity index (χ4n) is 13.5. The van der Waals surface area contributed by atoms with E-state index in [0.29, 0.717) is 19.3 Å². The fraction of sp³-hybridized carbons (Fsp3) is 0.870. The summed E-state index contributed by atoms with van der Waals surface area (Å²) in [5.74, 6) is -5.41. The molecule has 48 nitrogen and oxygen atoms in total. The lowest BCUT2D eigenvalue weighted by Crippen LogP contribution is -2.64. The van der Waals surface area contributed by atoms with Gasteiger partial charge in [0, 0.05) is 124 Å². The second-order valence-electron chi connectivity index (χ2n) is 32.2. The first-order valence-electron chi connectivity index (χ1n) is 42.1. The number of carbonyl (C=O) groups is 10. The molecule has 0 bridgehead atoms. The van der Waals surface area contributed by atoms with Crippen molar-refractivity contribution >= 4 is 67.3 Å². The Morgan fingerprint density at radius 1 is 0.460 bits per heavy atom. The Morgan fingerprint density at radius 3 is 1.20 bits per heavy atom. The summed E-state index contributed by atoms with van der Waals surface area (Å²) in [4.78, 5) is 137. The Balaban J connectivity index is 0.000000938. The quantitative estimate of drug-likeness (QED) is 0.0153. The number of unbranched alkanes of at least 4 members (excludes halogenated alkanes) is 1. The zero-order chi connectivity index (χ0) is 94.4. The summed E-state index contributed by atoms with van der Waals surface area (Å²) in [5, 5.41) is 163. The van der Waals surface area contributed by atoms with Crippen LogP contribution in [0.15, 0.2) is 0 Å². The van der Waals surface area contributed by atoms with Crippen molar-refractivity contribution in [1.29, 1.82) is 0 Å². The summed E-state index contributed by atoms with van der Waals surface area (Å²) in [6.45, 7) is 10.0. The highest BCUT2D eigenvalue weighted by molar-refractivity contribution is 7.30. The van der Waals surface area contributed by atoms with Gasteiger partial charge in [0.25, 0.3) is 0 Å². The van der Waals surface area contributed by atoms with Crippen molar-refractivity contribution in [3.05, 3.63) is 0 Å². The van der Waals surface area contributed by atoms with Crippen LogP contribution in [0, 0.1) is 5.92 Å². The predicted octanol–water partition coefficient (Wildman–Crippen LogP) is -9.71. The second kappa shape index (κ2) is 60.6. The molecule has 10 amide bonds. The molecule has 4 saturated heterocycles. The molecular formula is C77H139N10O38P. The number of carbonyl (C=O) groups excluding carboxylic acids is 10. The van der Waals surface area contributed by atoms with Crippen LogP contribution in [0.25, 0.3) is 0 Å². The van der Waals surface area contributed by atoms with Gasteiger partial charge in [0.15, 0.2) is 18.9 Å². The summed E-state index contributed by atoms with van der Waals surface area (Å²) in [5.41, 5.74) is -2.13. The van der Waals surface area contributed by atoms with E-state index < -0.39 is 233 Å². The highest BCUT2D eigenvalue weighted by Gasteiger charge is 2.50. The van der Waals surface area contributed by atoms with Gasteiger partial charge >= 0.3 is 8.25 Å². The molecule has 0 aromatic rings. The number of nitrogens with zero attached hydrogens (tertiary/aromatic N) is 1. The van der Waals surface area contributed by atoms with Crippen LogP contribution in [-0.2, 0) is 109 Å². The van der Waals surface area contributed by atoms with Crippen molar-refractivity contribution in [1.82, 2.24) is 52.8 Å². The molecule has 730 valence electrons. The topological polar surface area (TPSA) is 716 Å². The van der Waals surface area contributed by atoms with E-state index in [2.05, 4.69) is 52.4 Å². The molecule has 1 aliphatic carbocycles. The fourth-order valence-corrected chi connectivity index (χ4v) is 13.8. The van der Waals surface area contributed by atoms with E-state index in [-0.39, 0.29) is 182 Å². The first-order valence-corrected chi connectivity index (χ1v) is 43.2. The van der Waals surface area contributed by atoms with Crippen LogP contribution >= 0.6 is 8.25 Å². The number of hydrogen-bond donors (Lipinski definition) is 23. The van der Waals surface area contributed by atoms with Gasteiger partial charge in [0.1, 0.15) is 98.0 Å². The van der Waals surface area contributed by atoms with Gasteiger partial charge in [-0.1, -0.05) is 0 Å². The standard InChI is InChI=1S/C56H100N8O26.C18H31N2O11P.C3H8O/c1-32(68)61-44-36(24-35(25-65)47(76)50(44)79)85-18-7-15-57-40(72)12-21-82-28-56(64-43(75)11-10-39(71)60-31-88-55(4,5)6,29-83-22-13-41(73)58-16-8-19-86-53-45(62-33(2)69)51(80)48(77)37(26-66)89-53)30-84-23-14-42(74)59-17-9-20-87-54-46(63-34(3)70)52(81)49(78)38(27-67)90-54;1-10(22)19-15-17(26)16(25)13(8-21)31-18(15)29-5-3-2-4-14(24)20-7-12(23)6-11(20)9-30-32(27)28;1-3(2)4/h35-38,44-54,65-67,76-81H,7-31H2,1-6H3,(H,57,72)(H,58,73)(H,59,74)(H,60,71)(H,61,68)(H,62,69)(H,63,70)(H,64,75);11-13,15-18,21,23,25-26H,2-9H2,1H3,(H,19,22);3-4H,1-2H3/t35?,36-,37?,38?,44?,45?,46?,47+,48+,49+,50-,51-,52-,53-,54-,56?;11-,12+,13?,15?,16?,17?,18?;/m10./s1. The number of likely N-dealkylation sites (tertiary alicyclic amines) is 1. The minimum Gasteiger partial charge on any atom is -0.566 e. The average Bonchev–Trinajstić information content (AvgIpc) is 1.18. The third-order valence-electron chi connectivity index (χ3n) is 19.8. The normalized spacial score (nSPS) is 28.4. The highest BCUT2D eigenvalue weighted by Crippen LogP contribution is 2.30. The zero-order valence-corrected chi connectivity index (χ0v) is 74.0. The van der Waals surface area contributed by atoms with Crippen LogP contribution in [0.4, 0.5) is 0 Å². The molecule has 5 rings (SSSR count). The Hall–Kier alpha value is -6.28. The molecule has 1 saturated carbocycles. The molecule has 0 aromatic heterocycles. The predicted molar refractivity (Wildman–Crippen MR) is 433 cm³/mol. The SMILES string of the molecule is CC(=O)NC1C(OCCCCC(=O)N2C[C@H](O)C[C@H]2CO[P+](=O)[O-])OC(CO)C(O)C1O.CC(=O)NC1[C@H](OCCCNC(=O)CCOCC(COCCC(=O)NCCCO[C@@H]2OC(CO)[C@H](O)[C@H](O)C2NC(C)=O)(COCCC(=O)NCCCO[C@@H]2CC(CO)[C@H](O)[C@H](O)C2NC(C)=O)NC(=O)CCC(=O)NCOC(C)(C)C)OC(CO)[C@H](O)[C@@H]1O.CC(C)O. The van der Waals surface area contributed by atoms with Crippen LogP contribution < -0.4 is 52.7 Å². The zero-order valence-electron chi connectivity index (χ0n) is 73.1. The number of hydrogen-bond acceptors (Lipinski definition) is 38. The summed E-state index contributed by atoms with van der Waals surface area (Å²) in [6, 6.07) is -4.80. The first kappa shape index (κ1) is 114. The largest absolute Gasteiger partial charge is 0.566 e. The molecule has 5 fully saturated rings. The molecular weight excluding hydrogens is 1700 g/mol. The van der Waals surface area contributed by atoms with Crippen molar-refractivity contribution in [3.63, 3.8) is 0 Å². The van der Waals surface area contributed by atoms with Crippen molar-refractivity contribution in [2.45, 2.75) is 291 Å². The number of ether oxygens (including phenoxy) is 11. The van der Waals surface area contributed by atoms with E-state index in [9.17, 15) is 124 Å². The minimum absolute atomic E-state index is 0.0407. The summed E-state index contributed by atoms with van der Waals surface area (Å²) >= 11 is 0. The van der Waals surface area contributed by atoms with Gasteiger partial charge in [-0.3, -0.25) is 47.9 Å². The van der Waals surface area contributed by atoms with Gasteiger partial charge in [-0.15, -0.1) is 4.52 Å². The van der Waals surface area contributed by atoms with Gasteiger partial charge < -0.3 is 181 Å². The maximum Gasteiger partial charge on any atom is 0.488 e. The lowest BCUT2D eigenvalue weighted by atomic mass is 9.79. The van der Waals surface area contributed by atoms with Gasteiger partial charge in [-0.05, 0) is 84.1 Å². The van der Waals surface area contributed by atoms with E-state index in [1.54, 1.807) is 34.6 Å². The van der Waals surface area contributed by atoms with Crippen LogP contribution in [0.3, 0.4) is 0 Å². The number of nitrogens with one attached hydrogen (secondary N) is 9. The molecule has 126 heavy (non-hydrogen) atoms. The summed E-state index contributed by atoms with van der Waals surface area (Å²) in [6.07, 6.45) is -19.2. The lowest BCUT2D eigenvalue weighted by Gasteiger charge is -2.42. The van der Waals surface area contributed by atoms with E-state index in [1.807, 2.05) is 0 Å². The van der Waals surface area contributed by atoms with Gasteiger partial charge in [-0.25, -0.2) is 0 Å². The first-order chi connectivity index (χ1) is 59.5. The van der Waals surface area contributed by atoms with E-state index in [0.717, 1.165) is 0 Å². The van der Waals surface area contributed by atoms with Crippen LogP contribution in [0.2, 0.25) is 0 Å². The summed E-state index contributed by atoms with van der Waals surface area (Å²) in [7, 11) is -3.04. The Morgan fingerprint density at radius 2 is 0.825 bits per heavy atom. The third kappa shape index (κ3) is 43.6. The molecule has 4 aliphatic heterocycles. The van der Waals surface area contributed by atoms with Crippen molar-refractivity contribution in [2.75, 3.05) is 132 Å². The Labute approximate surface area is 732 Å². The minimum atomic E-state index is -3.04. The third-order valence-corrected chi connectivity index (χ3v) is 20.1. The molecule has 23 N–H and O–H groups in total. The smallest absolute Gasteiger partial charge is 0.488 e. The van der Waals surface area contributed by atoms with Crippen molar-refractivity contribution in [2.24, 2.45) is 5.92 Å².